The van der Waals surface area contributed by atoms with E-state index in [0.29, 0.717) is 12.8 Å². The molecule has 0 radical (unpaired) electrons. The SMILES string of the molecule is O=C1C2C3CCC(O3)C2C(=O)N1OS(=O)(=O)c1c(F)c(F)c(F)c(F)c1F. The molecule has 4 atom stereocenters. The van der Waals surface area contributed by atoms with Crippen molar-refractivity contribution >= 4 is 21.9 Å². The number of fused-ring (bicyclic) bond motifs is 5. The molecule has 0 aliphatic carbocycles. The van der Waals surface area contributed by atoms with Crippen LogP contribution in [0.15, 0.2) is 4.90 Å². The monoisotopic (exact) mass is 413 g/mol. The number of hydroxylamine groups is 2. The fourth-order valence-electron chi connectivity index (χ4n) is 3.70. The molecule has 1 aromatic carbocycles. The third kappa shape index (κ3) is 2.34. The normalized spacial score (nSPS) is 29.7. The summed E-state index contributed by atoms with van der Waals surface area (Å²) in [5.41, 5.74) is 0. The van der Waals surface area contributed by atoms with Gasteiger partial charge in [-0.3, -0.25) is 9.59 Å². The van der Waals surface area contributed by atoms with E-state index in [9.17, 15) is 40.0 Å². The summed E-state index contributed by atoms with van der Waals surface area (Å²) >= 11 is 0. The van der Waals surface area contributed by atoms with Gasteiger partial charge >= 0.3 is 10.1 Å². The summed E-state index contributed by atoms with van der Waals surface area (Å²) in [4.78, 5) is 22.3. The van der Waals surface area contributed by atoms with Crippen molar-refractivity contribution in [1.29, 1.82) is 0 Å². The number of nitrogens with zero attached hydrogens (tertiary/aromatic N) is 1. The fraction of sp³-hybridized carbons (Fsp3) is 0.429. The highest BCUT2D eigenvalue weighted by Crippen LogP contribution is 2.48. The standard InChI is InChI=1S/C14H8F5NO6S/c15-7-8(16)10(18)12(11(19)9(7)17)27(23,24)26-20-13(21)5-3-1-2-4(25-3)6(5)14(20)22/h3-6H,1-2H2. The smallest absolute Gasteiger partial charge is 0.324 e. The molecule has 4 unspecified atom stereocenters. The highest BCUT2D eigenvalue weighted by Gasteiger charge is 2.64. The van der Waals surface area contributed by atoms with E-state index in [0.717, 1.165) is 0 Å². The van der Waals surface area contributed by atoms with E-state index in [1.807, 2.05) is 0 Å². The van der Waals surface area contributed by atoms with Crippen molar-refractivity contribution < 1.29 is 49.0 Å². The van der Waals surface area contributed by atoms with Gasteiger partial charge in [0.25, 0.3) is 11.8 Å². The molecule has 2 bridgehead atoms. The lowest BCUT2D eigenvalue weighted by Gasteiger charge is -2.17. The summed E-state index contributed by atoms with van der Waals surface area (Å²) in [7, 11) is -5.73. The average Bonchev–Trinajstić information content (AvgIpc) is 3.28. The van der Waals surface area contributed by atoms with E-state index in [1.54, 1.807) is 0 Å². The van der Waals surface area contributed by atoms with Gasteiger partial charge in [0.05, 0.1) is 24.0 Å². The molecule has 146 valence electrons. The Morgan fingerprint density at radius 1 is 0.815 bits per heavy atom. The number of benzene rings is 1. The van der Waals surface area contributed by atoms with Gasteiger partial charge < -0.3 is 4.74 Å². The first kappa shape index (κ1) is 18.3. The Morgan fingerprint density at radius 3 is 1.67 bits per heavy atom. The van der Waals surface area contributed by atoms with Gasteiger partial charge in [-0.2, -0.15) is 8.42 Å². The van der Waals surface area contributed by atoms with Gasteiger partial charge in [-0.1, -0.05) is 0 Å². The second kappa shape index (κ2) is 5.69. The van der Waals surface area contributed by atoms with Crippen LogP contribution in [0.4, 0.5) is 22.0 Å². The molecule has 4 rings (SSSR count). The molecule has 7 nitrogen and oxygen atoms in total. The molecule has 3 saturated heterocycles. The molecule has 0 spiro atoms. The third-order valence-corrected chi connectivity index (χ3v) is 6.04. The van der Waals surface area contributed by atoms with E-state index in [1.165, 1.54) is 0 Å². The minimum Gasteiger partial charge on any atom is -0.373 e. The number of ether oxygens (including phenoxy) is 1. The van der Waals surface area contributed by atoms with Crippen molar-refractivity contribution in [3.05, 3.63) is 29.1 Å². The van der Waals surface area contributed by atoms with Crippen LogP contribution in [-0.4, -0.2) is 37.5 Å². The predicted molar refractivity (Wildman–Crippen MR) is 71.2 cm³/mol. The number of halogens is 5. The zero-order chi connectivity index (χ0) is 19.8. The molecule has 3 aliphatic rings. The maximum Gasteiger partial charge on any atom is 0.324 e. The quantitative estimate of drug-likeness (QED) is 0.320. The van der Waals surface area contributed by atoms with Crippen LogP contribution < -0.4 is 0 Å². The van der Waals surface area contributed by atoms with Crippen LogP contribution >= 0.6 is 0 Å². The second-order valence-corrected chi connectivity index (χ2v) is 7.71. The van der Waals surface area contributed by atoms with Crippen LogP contribution in [0.25, 0.3) is 0 Å². The minimum absolute atomic E-state index is 0.212. The summed E-state index contributed by atoms with van der Waals surface area (Å²) < 4.78 is 101. The van der Waals surface area contributed by atoms with Crippen LogP contribution in [0.1, 0.15) is 12.8 Å². The first-order valence-corrected chi connectivity index (χ1v) is 8.96. The van der Waals surface area contributed by atoms with Gasteiger partial charge in [-0.05, 0) is 12.8 Å². The predicted octanol–water partition coefficient (Wildman–Crippen LogP) is 1.16. The van der Waals surface area contributed by atoms with Gasteiger partial charge in [-0.15, -0.1) is 9.35 Å². The Bertz CT molecular complexity index is 941. The number of carbonyl (C=O) groups excluding carboxylic acids is 2. The lowest BCUT2D eigenvalue weighted by atomic mass is 9.81. The van der Waals surface area contributed by atoms with Crippen molar-refractivity contribution in [3.8, 4) is 0 Å². The number of imide groups is 1. The highest BCUT2D eigenvalue weighted by molar-refractivity contribution is 7.86. The molecule has 0 saturated carbocycles. The lowest BCUT2D eigenvalue weighted by Crippen LogP contribution is -2.37. The Hall–Kier alpha value is -2.12. The first-order valence-electron chi connectivity index (χ1n) is 7.55. The van der Waals surface area contributed by atoms with Crippen LogP contribution in [0.5, 0.6) is 0 Å². The molecule has 13 heteroatoms. The lowest BCUT2D eigenvalue weighted by molar-refractivity contribution is -0.168. The number of amides is 2. The highest BCUT2D eigenvalue weighted by atomic mass is 32.2. The molecule has 0 N–H and O–H groups in total. The Kier molecular flexibility index (Phi) is 3.85. The van der Waals surface area contributed by atoms with Gasteiger partial charge in [-0.25, -0.2) is 22.0 Å². The zero-order valence-corrected chi connectivity index (χ0v) is 13.7. The maximum absolute atomic E-state index is 13.7. The third-order valence-electron chi connectivity index (χ3n) is 4.84. The summed E-state index contributed by atoms with van der Waals surface area (Å²) in [5.74, 6) is -17.2. The van der Waals surface area contributed by atoms with Crippen LogP contribution in [-0.2, 0) is 28.7 Å². The fourth-order valence-corrected chi connectivity index (χ4v) is 4.73. The molecular weight excluding hydrogens is 405 g/mol. The van der Waals surface area contributed by atoms with Crippen LogP contribution in [0.3, 0.4) is 0 Å². The number of rotatable bonds is 3. The molecule has 1 aromatic rings. The zero-order valence-electron chi connectivity index (χ0n) is 12.9. The minimum atomic E-state index is -5.73. The van der Waals surface area contributed by atoms with Crippen molar-refractivity contribution in [2.45, 2.75) is 29.9 Å². The Labute approximate surface area is 147 Å². The molecule has 2 amide bonds. The van der Waals surface area contributed by atoms with Crippen LogP contribution in [0, 0.1) is 40.9 Å². The summed E-state index contributed by atoms with van der Waals surface area (Å²) in [6.45, 7) is 0. The number of hydrogen-bond acceptors (Lipinski definition) is 6. The van der Waals surface area contributed by atoms with Crippen molar-refractivity contribution in [2.24, 2.45) is 11.8 Å². The molecule has 3 aliphatic heterocycles. The molecule has 3 fully saturated rings. The second-order valence-electron chi connectivity index (χ2n) is 6.24. The van der Waals surface area contributed by atoms with E-state index in [2.05, 4.69) is 4.28 Å². The topological polar surface area (TPSA) is 90.0 Å². The van der Waals surface area contributed by atoms with Crippen molar-refractivity contribution in [2.75, 3.05) is 0 Å². The molecular formula is C14H8F5NO6S. The molecule has 3 heterocycles. The van der Waals surface area contributed by atoms with Gasteiger partial charge in [0.15, 0.2) is 28.2 Å². The van der Waals surface area contributed by atoms with E-state index >= 15 is 0 Å². The summed E-state index contributed by atoms with van der Waals surface area (Å²) in [6.07, 6.45) is -0.379. The average molecular weight is 413 g/mol. The number of hydrogen-bond donors (Lipinski definition) is 0. The first-order chi connectivity index (χ1) is 12.6. The number of carbonyl (C=O) groups is 2. The van der Waals surface area contributed by atoms with Gasteiger partial charge in [0.1, 0.15) is 0 Å². The molecule has 0 aromatic heterocycles. The van der Waals surface area contributed by atoms with Crippen LogP contribution in [0.2, 0.25) is 0 Å². The maximum atomic E-state index is 13.7. The molecule has 27 heavy (non-hydrogen) atoms. The summed E-state index contributed by atoms with van der Waals surface area (Å²) in [6, 6.07) is 0. The largest absolute Gasteiger partial charge is 0.373 e. The van der Waals surface area contributed by atoms with E-state index in [4.69, 9.17) is 4.74 Å². The van der Waals surface area contributed by atoms with Gasteiger partial charge in [0, 0.05) is 0 Å². The Balaban J connectivity index is 1.72. The van der Waals surface area contributed by atoms with Crippen molar-refractivity contribution in [1.82, 2.24) is 5.06 Å². The van der Waals surface area contributed by atoms with E-state index in [-0.39, 0.29) is 5.06 Å². The summed E-state index contributed by atoms with van der Waals surface area (Å²) in [5, 5.41) is -0.212. The van der Waals surface area contributed by atoms with E-state index < -0.39 is 80.0 Å². The van der Waals surface area contributed by atoms with Crippen molar-refractivity contribution in [3.63, 3.8) is 0 Å². The van der Waals surface area contributed by atoms with Gasteiger partial charge in [0.2, 0.25) is 5.82 Å². The Morgan fingerprint density at radius 2 is 1.22 bits per heavy atom.